The van der Waals surface area contributed by atoms with Crippen LogP contribution in [0.25, 0.3) is 0 Å². The van der Waals surface area contributed by atoms with Crippen molar-refractivity contribution >= 4 is 0 Å². The van der Waals surface area contributed by atoms with Crippen molar-refractivity contribution in [2.24, 2.45) is 5.92 Å². The third-order valence-corrected chi connectivity index (χ3v) is 3.10. The fourth-order valence-electron chi connectivity index (χ4n) is 1.95. The first kappa shape index (κ1) is 13.0. The van der Waals surface area contributed by atoms with Crippen molar-refractivity contribution in [2.75, 3.05) is 7.05 Å². The van der Waals surface area contributed by atoms with Crippen LogP contribution in [0.1, 0.15) is 59.3 Å². The minimum Gasteiger partial charge on any atom is -0.317 e. The van der Waals surface area contributed by atoms with Gasteiger partial charge in [0, 0.05) is 6.04 Å². The van der Waals surface area contributed by atoms with Crippen LogP contribution in [0.5, 0.6) is 0 Å². The Balaban J connectivity index is 3.56. The van der Waals surface area contributed by atoms with Gasteiger partial charge in [-0.2, -0.15) is 0 Å². The van der Waals surface area contributed by atoms with Crippen LogP contribution in [-0.2, 0) is 0 Å². The molecule has 0 aliphatic carbocycles. The molecule has 0 aliphatic heterocycles. The standard InChI is InChI=1S/C12H27N/c1-5-8-11(6-2)9-10-12(7-3)13-4/h11-13H,5-10H2,1-4H3. The topological polar surface area (TPSA) is 12.0 Å². The Hall–Kier alpha value is -0.0400. The van der Waals surface area contributed by atoms with Crippen molar-refractivity contribution in [3.05, 3.63) is 0 Å². The lowest BCUT2D eigenvalue weighted by molar-refractivity contribution is 0.378. The summed E-state index contributed by atoms with van der Waals surface area (Å²) in [6.07, 6.45) is 8.13. The van der Waals surface area contributed by atoms with E-state index in [1.165, 1.54) is 38.5 Å². The molecule has 0 saturated carbocycles. The maximum Gasteiger partial charge on any atom is 0.00615 e. The van der Waals surface area contributed by atoms with Crippen LogP contribution in [0.2, 0.25) is 0 Å². The van der Waals surface area contributed by atoms with Crippen molar-refractivity contribution in [1.29, 1.82) is 0 Å². The number of nitrogens with one attached hydrogen (secondary N) is 1. The molecule has 1 heteroatoms. The molecule has 80 valence electrons. The Morgan fingerprint density at radius 3 is 2.00 bits per heavy atom. The van der Waals surface area contributed by atoms with Gasteiger partial charge in [-0.15, -0.1) is 0 Å². The molecule has 0 amide bonds. The molecule has 0 aliphatic rings. The summed E-state index contributed by atoms with van der Waals surface area (Å²) in [5.74, 6) is 0.965. The smallest absolute Gasteiger partial charge is 0.00615 e. The van der Waals surface area contributed by atoms with Gasteiger partial charge in [-0.1, -0.05) is 40.0 Å². The fourth-order valence-corrected chi connectivity index (χ4v) is 1.95. The highest BCUT2D eigenvalue weighted by Gasteiger charge is 2.08. The van der Waals surface area contributed by atoms with Gasteiger partial charge in [0.05, 0.1) is 0 Å². The van der Waals surface area contributed by atoms with Crippen LogP contribution >= 0.6 is 0 Å². The lowest BCUT2D eigenvalue weighted by Crippen LogP contribution is -2.24. The van der Waals surface area contributed by atoms with Gasteiger partial charge in [-0.25, -0.2) is 0 Å². The zero-order valence-corrected chi connectivity index (χ0v) is 9.90. The van der Waals surface area contributed by atoms with Crippen molar-refractivity contribution < 1.29 is 0 Å². The molecule has 0 radical (unpaired) electrons. The van der Waals surface area contributed by atoms with Crippen LogP contribution in [0.4, 0.5) is 0 Å². The summed E-state index contributed by atoms with van der Waals surface area (Å²) in [4.78, 5) is 0. The first-order valence-electron chi connectivity index (χ1n) is 5.95. The second-order valence-corrected chi connectivity index (χ2v) is 4.03. The molecule has 1 nitrogen and oxygen atoms in total. The second-order valence-electron chi connectivity index (χ2n) is 4.03. The molecule has 0 aromatic carbocycles. The summed E-state index contributed by atoms with van der Waals surface area (Å²) in [7, 11) is 2.08. The summed E-state index contributed by atoms with van der Waals surface area (Å²) in [6, 6.07) is 0.742. The maximum atomic E-state index is 3.37. The van der Waals surface area contributed by atoms with E-state index in [9.17, 15) is 0 Å². The molecule has 0 spiro atoms. The fraction of sp³-hybridized carbons (Fsp3) is 1.00. The Bertz CT molecular complexity index is 97.3. The summed E-state index contributed by atoms with van der Waals surface area (Å²) in [6.45, 7) is 6.88. The van der Waals surface area contributed by atoms with Crippen molar-refractivity contribution in [3.8, 4) is 0 Å². The molecule has 0 heterocycles. The average molecular weight is 185 g/mol. The largest absolute Gasteiger partial charge is 0.317 e. The van der Waals surface area contributed by atoms with Crippen LogP contribution in [0.15, 0.2) is 0 Å². The second kappa shape index (κ2) is 8.55. The van der Waals surface area contributed by atoms with E-state index in [0.717, 1.165) is 12.0 Å². The quantitative estimate of drug-likeness (QED) is 0.609. The van der Waals surface area contributed by atoms with Gasteiger partial charge < -0.3 is 5.32 Å². The van der Waals surface area contributed by atoms with Crippen molar-refractivity contribution in [3.63, 3.8) is 0 Å². The van der Waals surface area contributed by atoms with Gasteiger partial charge in [-0.05, 0) is 32.2 Å². The summed E-state index contributed by atoms with van der Waals surface area (Å²) >= 11 is 0. The molecule has 0 aromatic heterocycles. The zero-order valence-electron chi connectivity index (χ0n) is 9.90. The van der Waals surface area contributed by atoms with Crippen LogP contribution in [0.3, 0.4) is 0 Å². The van der Waals surface area contributed by atoms with E-state index >= 15 is 0 Å². The van der Waals surface area contributed by atoms with E-state index < -0.39 is 0 Å². The van der Waals surface area contributed by atoms with Gasteiger partial charge in [0.1, 0.15) is 0 Å². The normalized spacial score (nSPS) is 15.7. The zero-order chi connectivity index (χ0) is 10.1. The third kappa shape index (κ3) is 6.09. The van der Waals surface area contributed by atoms with E-state index in [1.54, 1.807) is 0 Å². The predicted octanol–water partition coefficient (Wildman–Crippen LogP) is 3.59. The monoisotopic (exact) mass is 185 g/mol. The Morgan fingerprint density at radius 2 is 1.62 bits per heavy atom. The van der Waals surface area contributed by atoms with E-state index in [1.807, 2.05) is 0 Å². The Labute approximate surface area is 84.3 Å². The molecule has 0 bridgehead atoms. The van der Waals surface area contributed by atoms with Gasteiger partial charge in [0.25, 0.3) is 0 Å². The SMILES string of the molecule is CCCC(CC)CCC(CC)NC. The van der Waals surface area contributed by atoms with Crippen LogP contribution in [-0.4, -0.2) is 13.1 Å². The van der Waals surface area contributed by atoms with Gasteiger partial charge in [-0.3, -0.25) is 0 Å². The highest BCUT2D eigenvalue weighted by molar-refractivity contribution is 4.65. The van der Waals surface area contributed by atoms with E-state index in [2.05, 4.69) is 33.1 Å². The molecule has 0 rings (SSSR count). The molecular formula is C12H27N. The lowest BCUT2D eigenvalue weighted by Gasteiger charge is -2.18. The van der Waals surface area contributed by atoms with Gasteiger partial charge >= 0.3 is 0 Å². The highest BCUT2D eigenvalue weighted by Crippen LogP contribution is 2.18. The van der Waals surface area contributed by atoms with Gasteiger partial charge in [0.2, 0.25) is 0 Å². The molecule has 0 aromatic rings. The lowest BCUT2D eigenvalue weighted by atomic mass is 9.93. The van der Waals surface area contributed by atoms with Crippen LogP contribution < -0.4 is 5.32 Å². The molecule has 2 atom stereocenters. The minimum atomic E-state index is 0.742. The van der Waals surface area contributed by atoms with Crippen molar-refractivity contribution in [2.45, 2.75) is 65.3 Å². The molecule has 13 heavy (non-hydrogen) atoms. The summed E-state index contributed by atoms with van der Waals surface area (Å²) in [5, 5.41) is 3.37. The van der Waals surface area contributed by atoms with Gasteiger partial charge in [0.15, 0.2) is 0 Å². The number of hydrogen-bond acceptors (Lipinski definition) is 1. The molecule has 1 N–H and O–H groups in total. The number of hydrogen-bond donors (Lipinski definition) is 1. The van der Waals surface area contributed by atoms with Crippen molar-refractivity contribution in [1.82, 2.24) is 5.32 Å². The maximum absolute atomic E-state index is 3.37. The molecule has 2 unspecified atom stereocenters. The Kier molecular flexibility index (Phi) is 8.53. The first-order valence-corrected chi connectivity index (χ1v) is 5.95. The minimum absolute atomic E-state index is 0.742. The predicted molar refractivity (Wildman–Crippen MR) is 61.1 cm³/mol. The Morgan fingerprint density at radius 1 is 0.923 bits per heavy atom. The summed E-state index contributed by atoms with van der Waals surface area (Å²) in [5.41, 5.74) is 0. The van der Waals surface area contributed by atoms with Crippen LogP contribution in [0, 0.1) is 5.92 Å². The number of rotatable bonds is 8. The first-order chi connectivity index (χ1) is 6.28. The molecule has 0 saturated heterocycles. The van der Waals surface area contributed by atoms with E-state index in [4.69, 9.17) is 0 Å². The van der Waals surface area contributed by atoms with E-state index in [-0.39, 0.29) is 0 Å². The van der Waals surface area contributed by atoms with E-state index in [0.29, 0.717) is 0 Å². The summed E-state index contributed by atoms with van der Waals surface area (Å²) < 4.78 is 0. The molecule has 0 fully saturated rings. The molecular weight excluding hydrogens is 158 g/mol. The third-order valence-electron chi connectivity index (χ3n) is 3.10. The highest BCUT2D eigenvalue weighted by atomic mass is 14.9. The average Bonchev–Trinajstić information content (AvgIpc) is 2.17.